The van der Waals surface area contributed by atoms with E-state index in [4.69, 9.17) is 9.47 Å². The monoisotopic (exact) mass is 414 g/mol. The van der Waals surface area contributed by atoms with Gasteiger partial charge in [0.2, 0.25) is 0 Å². The highest BCUT2D eigenvalue weighted by molar-refractivity contribution is 6.07. The zero-order chi connectivity index (χ0) is 21.8. The number of fused-ring (bicyclic) bond motifs is 1. The first-order valence-electron chi connectivity index (χ1n) is 9.55. The minimum Gasteiger partial charge on any atom is -0.496 e. The van der Waals surface area contributed by atoms with Crippen molar-refractivity contribution in [3.05, 3.63) is 57.3 Å². The first-order valence-corrected chi connectivity index (χ1v) is 9.55. The van der Waals surface area contributed by atoms with Crippen LogP contribution in [0.2, 0.25) is 0 Å². The summed E-state index contributed by atoms with van der Waals surface area (Å²) in [6.07, 6.45) is 1.69. The Balaban J connectivity index is 1.96. The van der Waals surface area contributed by atoms with Crippen LogP contribution in [0.5, 0.6) is 5.75 Å². The topological polar surface area (TPSA) is 118 Å². The molecular formula is C21H26N4O5. The smallest absolute Gasteiger partial charge is 0.256 e. The van der Waals surface area contributed by atoms with Gasteiger partial charge in [0, 0.05) is 36.1 Å². The first kappa shape index (κ1) is 21.5. The summed E-state index contributed by atoms with van der Waals surface area (Å²) in [5, 5.41) is 12.8. The summed E-state index contributed by atoms with van der Waals surface area (Å²) in [5.41, 5.74) is 2.16. The minimum atomic E-state index is -0.423. The lowest BCUT2D eigenvalue weighted by atomic mass is 10.1. The van der Waals surface area contributed by atoms with Gasteiger partial charge in [-0.3, -0.25) is 9.59 Å². The maximum absolute atomic E-state index is 13.1. The van der Waals surface area contributed by atoms with Crippen LogP contribution in [0.4, 0.5) is 0 Å². The number of amides is 1. The summed E-state index contributed by atoms with van der Waals surface area (Å²) in [7, 11) is 3.06. The molecule has 0 aliphatic rings. The average Bonchev–Trinajstić information content (AvgIpc) is 3.04. The largest absolute Gasteiger partial charge is 0.496 e. The normalized spacial score (nSPS) is 12.2. The van der Waals surface area contributed by atoms with Crippen molar-refractivity contribution in [3.63, 3.8) is 0 Å². The average molecular weight is 414 g/mol. The van der Waals surface area contributed by atoms with Crippen molar-refractivity contribution >= 4 is 16.9 Å². The molecule has 0 aliphatic heterocycles. The number of aliphatic hydroxyl groups excluding tert-OH is 1. The highest BCUT2D eigenvalue weighted by Gasteiger charge is 2.23. The molecule has 9 heteroatoms. The van der Waals surface area contributed by atoms with Crippen molar-refractivity contribution in [2.24, 2.45) is 0 Å². The fourth-order valence-corrected chi connectivity index (χ4v) is 3.71. The van der Waals surface area contributed by atoms with Crippen molar-refractivity contribution in [1.29, 1.82) is 0 Å². The molecule has 9 nitrogen and oxygen atoms in total. The van der Waals surface area contributed by atoms with E-state index in [1.54, 1.807) is 19.4 Å². The molecule has 30 heavy (non-hydrogen) atoms. The Morgan fingerprint density at radius 3 is 2.83 bits per heavy atom. The molecule has 3 rings (SSSR count). The van der Waals surface area contributed by atoms with Gasteiger partial charge < -0.3 is 29.4 Å². The first-order chi connectivity index (χ1) is 14.4. The van der Waals surface area contributed by atoms with E-state index in [0.717, 1.165) is 11.1 Å². The molecule has 0 radical (unpaired) electrons. The van der Waals surface area contributed by atoms with Gasteiger partial charge in [-0.15, -0.1) is 0 Å². The van der Waals surface area contributed by atoms with Crippen molar-refractivity contribution < 1.29 is 19.4 Å². The lowest BCUT2D eigenvalue weighted by Gasteiger charge is -2.16. The van der Waals surface area contributed by atoms with Crippen LogP contribution >= 0.6 is 0 Å². The highest BCUT2D eigenvalue weighted by Crippen LogP contribution is 2.28. The molecule has 1 atom stereocenters. The molecule has 0 saturated carbocycles. The molecule has 1 amide bonds. The van der Waals surface area contributed by atoms with Gasteiger partial charge in [-0.05, 0) is 26.0 Å². The molecule has 1 unspecified atom stereocenters. The maximum Gasteiger partial charge on any atom is 0.256 e. The van der Waals surface area contributed by atoms with Crippen LogP contribution in [-0.4, -0.2) is 46.4 Å². The third-order valence-electron chi connectivity index (χ3n) is 5.05. The number of rotatable bonds is 8. The van der Waals surface area contributed by atoms with Crippen LogP contribution in [0.3, 0.4) is 0 Å². The number of hydrogen-bond acceptors (Lipinski definition) is 6. The lowest BCUT2D eigenvalue weighted by Crippen LogP contribution is -2.28. The molecular weight excluding hydrogens is 388 g/mol. The Hall–Kier alpha value is -3.17. The Bertz CT molecular complexity index is 1120. The van der Waals surface area contributed by atoms with Crippen LogP contribution in [0.1, 0.15) is 40.3 Å². The number of aromatic nitrogens is 3. The predicted octanol–water partition coefficient (Wildman–Crippen LogP) is 1.67. The van der Waals surface area contributed by atoms with Gasteiger partial charge >= 0.3 is 0 Å². The molecule has 0 bridgehead atoms. The van der Waals surface area contributed by atoms with E-state index in [1.165, 1.54) is 13.2 Å². The number of nitrogens with one attached hydrogen (secondary N) is 2. The van der Waals surface area contributed by atoms with E-state index < -0.39 is 5.56 Å². The summed E-state index contributed by atoms with van der Waals surface area (Å²) in [6, 6.07) is 5.16. The summed E-state index contributed by atoms with van der Waals surface area (Å²) in [6.45, 7) is 4.00. The molecule has 3 heterocycles. The van der Waals surface area contributed by atoms with Gasteiger partial charge in [0.15, 0.2) is 0 Å². The number of aliphatic hydroxyl groups is 1. The number of H-pyrrole nitrogens is 1. The molecule has 0 fully saturated rings. The van der Waals surface area contributed by atoms with E-state index in [2.05, 4.69) is 15.3 Å². The van der Waals surface area contributed by atoms with Crippen molar-refractivity contribution in [2.45, 2.75) is 33.0 Å². The Morgan fingerprint density at radius 1 is 1.40 bits per heavy atom. The van der Waals surface area contributed by atoms with Crippen LogP contribution < -0.4 is 15.6 Å². The van der Waals surface area contributed by atoms with Crippen molar-refractivity contribution in [1.82, 2.24) is 19.9 Å². The van der Waals surface area contributed by atoms with Crippen LogP contribution in [0.15, 0.2) is 29.2 Å². The van der Waals surface area contributed by atoms with Gasteiger partial charge in [-0.25, -0.2) is 4.98 Å². The summed E-state index contributed by atoms with van der Waals surface area (Å²) < 4.78 is 12.5. The zero-order valence-corrected chi connectivity index (χ0v) is 17.5. The number of nitrogens with zero attached hydrogens (tertiary/aromatic N) is 2. The summed E-state index contributed by atoms with van der Waals surface area (Å²) in [4.78, 5) is 32.5. The van der Waals surface area contributed by atoms with Gasteiger partial charge in [0.25, 0.3) is 11.5 Å². The lowest BCUT2D eigenvalue weighted by molar-refractivity contribution is 0.0950. The number of methoxy groups -OCH3 is 2. The molecule has 3 aromatic rings. The Labute approximate surface area is 173 Å². The minimum absolute atomic E-state index is 0.0112. The van der Waals surface area contributed by atoms with E-state index in [1.807, 2.05) is 24.5 Å². The van der Waals surface area contributed by atoms with Gasteiger partial charge in [-0.1, -0.05) is 0 Å². The summed E-state index contributed by atoms with van der Waals surface area (Å²) in [5.74, 6) is -0.0146. The molecule has 3 aromatic heterocycles. The number of aromatic amines is 1. The Morgan fingerprint density at radius 2 is 2.17 bits per heavy atom. The maximum atomic E-state index is 13.1. The number of pyridine rings is 2. The van der Waals surface area contributed by atoms with E-state index in [9.17, 15) is 14.7 Å². The quantitative estimate of drug-likeness (QED) is 0.516. The van der Waals surface area contributed by atoms with Crippen LogP contribution in [0, 0.1) is 6.92 Å². The van der Waals surface area contributed by atoms with Crippen molar-refractivity contribution in [2.75, 3.05) is 20.8 Å². The summed E-state index contributed by atoms with van der Waals surface area (Å²) >= 11 is 0. The third-order valence-corrected chi connectivity index (χ3v) is 5.05. The number of carbonyl (C=O) groups excluding carboxylic acids is 1. The molecule has 160 valence electrons. The fraction of sp³-hybridized carbons (Fsp3) is 0.381. The Kier molecular flexibility index (Phi) is 6.53. The fourth-order valence-electron chi connectivity index (χ4n) is 3.71. The standard InChI is InChI=1S/C21H26N4O5/c1-12(11-29-3)25-13(2)18(15-6-5-7-22-19(15)25)21(28)23-9-16-17(30-4)8-14(10-26)24-20(16)27/h5-8,12,26H,9-11H2,1-4H3,(H,23,28)(H,24,27). The molecule has 0 spiro atoms. The van der Waals surface area contributed by atoms with Gasteiger partial charge in [0.05, 0.1) is 44.0 Å². The molecule has 0 aliphatic carbocycles. The van der Waals surface area contributed by atoms with Gasteiger partial charge in [-0.2, -0.15) is 0 Å². The van der Waals surface area contributed by atoms with E-state index >= 15 is 0 Å². The SMILES string of the molecule is COCC(C)n1c(C)c(C(=O)NCc2c(OC)cc(CO)[nH]c2=O)c2cccnc21. The number of carbonyl (C=O) groups is 1. The van der Waals surface area contributed by atoms with Crippen LogP contribution in [0.25, 0.3) is 11.0 Å². The van der Waals surface area contributed by atoms with Crippen LogP contribution in [-0.2, 0) is 17.9 Å². The number of ether oxygens (including phenoxy) is 2. The zero-order valence-electron chi connectivity index (χ0n) is 17.5. The molecule has 0 saturated heterocycles. The third kappa shape index (κ3) is 3.94. The van der Waals surface area contributed by atoms with E-state index in [0.29, 0.717) is 29.3 Å². The molecule has 3 N–H and O–H groups in total. The second-order valence-corrected chi connectivity index (χ2v) is 7.02. The van der Waals surface area contributed by atoms with Crippen molar-refractivity contribution in [3.8, 4) is 5.75 Å². The highest BCUT2D eigenvalue weighted by atomic mass is 16.5. The predicted molar refractivity (Wildman–Crippen MR) is 112 cm³/mol. The second-order valence-electron chi connectivity index (χ2n) is 7.02. The molecule has 0 aromatic carbocycles. The van der Waals surface area contributed by atoms with Gasteiger partial charge in [0.1, 0.15) is 11.4 Å². The number of hydrogen-bond donors (Lipinski definition) is 3. The van der Waals surface area contributed by atoms with E-state index in [-0.39, 0.29) is 30.7 Å². The second kappa shape index (κ2) is 9.10.